The quantitative estimate of drug-likeness (QED) is 0.679. The summed E-state index contributed by atoms with van der Waals surface area (Å²) in [5.74, 6) is 0. The molecule has 0 bridgehead atoms. The number of sulfonamides is 1. The standard InChI is InChI=1S/C9H13N3O2S/c1-2-12-6-11-15(13,14)9-5-7(10)3-4-8(9)12/h3-5,11H,2,6,10H2,1H3. The first-order chi connectivity index (χ1) is 7.04. The summed E-state index contributed by atoms with van der Waals surface area (Å²) in [4.78, 5) is 2.20. The molecule has 15 heavy (non-hydrogen) atoms. The van der Waals surface area contributed by atoms with E-state index >= 15 is 0 Å². The molecular weight excluding hydrogens is 214 g/mol. The lowest BCUT2D eigenvalue weighted by Gasteiger charge is -2.30. The van der Waals surface area contributed by atoms with Crippen molar-refractivity contribution in [2.45, 2.75) is 11.8 Å². The molecular formula is C9H13N3O2S. The number of rotatable bonds is 1. The molecule has 0 aliphatic carbocycles. The van der Waals surface area contributed by atoms with E-state index < -0.39 is 10.0 Å². The van der Waals surface area contributed by atoms with Crippen LogP contribution in [-0.2, 0) is 10.0 Å². The fourth-order valence-corrected chi connectivity index (χ4v) is 2.86. The van der Waals surface area contributed by atoms with Crippen LogP contribution in [0.5, 0.6) is 0 Å². The van der Waals surface area contributed by atoms with Gasteiger partial charge in [-0.3, -0.25) is 0 Å². The molecule has 1 aromatic rings. The molecule has 1 heterocycles. The van der Waals surface area contributed by atoms with E-state index in [9.17, 15) is 8.42 Å². The minimum absolute atomic E-state index is 0.260. The Kier molecular flexibility index (Phi) is 2.32. The summed E-state index contributed by atoms with van der Waals surface area (Å²) >= 11 is 0. The van der Waals surface area contributed by atoms with Gasteiger partial charge in [0.25, 0.3) is 0 Å². The smallest absolute Gasteiger partial charge is 0.244 e. The SMILES string of the molecule is CCN1CNS(=O)(=O)c2cc(N)ccc21. The van der Waals surface area contributed by atoms with Crippen LogP contribution < -0.4 is 15.4 Å². The highest BCUT2D eigenvalue weighted by atomic mass is 32.2. The Morgan fingerprint density at radius 3 is 2.93 bits per heavy atom. The maximum Gasteiger partial charge on any atom is 0.244 e. The molecule has 5 nitrogen and oxygen atoms in total. The molecule has 0 fully saturated rings. The number of nitrogens with two attached hydrogens (primary N) is 1. The Labute approximate surface area is 88.9 Å². The number of fused-ring (bicyclic) bond motifs is 1. The Morgan fingerprint density at radius 1 is 1.53 bits per heavy atom. The lowest BCUT2D eigenvalue weighted by molar-refractivity contribution is 0.572. The van der Waals surface area contributed by atoms with Crippen molar-refractivity contribution in [3.63, 3.8) is 0 Å². The third kappa shape index (κ3) is 1.66. The molecule has 3 N–H and O–H groups in total. The second-order valence-corrected chi connectivity index (χ2v) is 5.12. The summed E-state index contributed by atoms with van der Waals surface area (Å²) in [6, 6.07) is 4.94. The van der Waals surface area contributed by atoms with Gasteiger partial charge in [0, 0.05) is 12.2 Å². The zero-order valence-electron chi connectivity index (χ0n) is 8.40. The van der Waals surface area contributed by atoms with Crippen LogP contribution in [0.15, 0.2) is 23.1 Å². The van der Waals surface area contributed by atoms with E-state index in [4.69, 9.17) is 5.73 Å². The van der Waals surface area contributed by atoms with Crippen LogP contribution in [0.2, 0.25) is 0 Å². The van der Waals surface area contributed by atoms with E-state index in [2.05, 4.69) is 4.72 Å². The van der Waals surface area contributed by atoms with Crippen LogP contribution in [-0.4, -0.2) is 21.6 Å². The molecule has 0 spiro atoms. The Hall–Kier alpha value is -1.27. The topological polar surface area (TPSA) is 75.4 Å². The molecule has 0 saturated heterocycles. The second kappa shape index (κ2) is 3.39. The second-order valence-electron chi connectivity index (χ2n) is 3.39. The van der Waals surface area contributed by atoms with Crippen molar-refractivity contribution >= 4 is 21.4 Å². The average Bonchev–Trinajstić information content (AvgIpc) is 2.19. The number of anilines is 2. The molecule has 1 aliphatic rings. The fourth-order valence-electron chi connectivity index (χ4n) is 1.62. The zero-order valence-corrected chi connectivity index (χ0v) is 9.21. The predicted molar refractivity (Wildman–Crippen MR) is 59.1 cm³/mol. The van der Waals surface area contributed by atoms with Gasteiger partial charge in [0.2, 0.25) is 10.0 Å². The maximum absolute atomic E-state index is 11.7. The number of nitrogens with zero attached hydrogens (tertiary/aromatic N) is 1. The van der Waals surface area contributed by atoms with Crippen molar-refractivity contribution in [1.82, 2.24) is 4.72 Å². The number of nitrogen functional groups attached to an aromatic ring is 1. The molecule has 6 heteroatoms. The van der Waals surface area contributed by atoms with Crippen LogP contribution in [0.4, 0.5) is 11.4 Å². The molecule has 0 radical (unpaired) electrons. The van der Waals surface area contributed by atoms with E-state index in [1.54, 1.807) is 12.1 Å². The van der Waals surface area contributed by atoms with Crippen molar-refractivity contribution in [3.05, 3.63) is 18.2 Å². The average molecular weight is 227 g/mol. The van der Waals surface area contributed by atoms with Crippen molar-refractivity contribution in [1.29, 1.82) is 0 Å². The van der Waals surface area contributed by atoms with Crippen LogP contribution in [0.3, 0.4) is 0 Å². The van der Waals surface area contributed by atoms with Crippen molar-refractivity contribution in [2.75, 3.05) is 23.8 Å². The Bertz CT molecular complexity index is 484. The van der Waals surface area contributed by atoms with Gasteiger partial charge in [0.05, 0.1) is 12.4 Å². The van der Waals surface area contributed by atoms with Gasteiger partial charge in [-0.2, -0.15) is 4.72 Å². The summed E-state index contributed by atoms with van der Waals surface area (Å²) in [7, 11) is -3.38. The van der Waals surface area contributed by atoms with Crippen molar-refractivity contribution in [2.24, 2.45) is 0 Å². The Balaban J connectivity index is 2.64. The van der Waals surface area contributed by atoms with Gasteiger partial charge < -0.3 is 10.6 Å². The van der Waals surface area contributed by atoms with Crippen LogP contribution in [0.25, 0.3) is 0 Å². The summed E-state index contributed by atoms with van der Waals surface area (Å²) < 4.78 is 25.9. The summed E-state index contributed by atoms with van der Waals surface area (Å²) in [6.07, 6.45) is 0. The van der Waals surface area contributed by atoms with Gasteiger partial charge >= 0.3 is 0 Å². The summed E-state index contributed by atoms with van der Waals surface area (Å²) in [6.45, 7) is 3.04. The molecule has 1 aliphatic heterocycles. The minimum Gasteiger partial charge on any atom is -0.399 e. The van der Waals surface area contributed by atoms with Crippen molar-refractivity contribution < 1.29 is 8.42 Å². The van der Waals surface area contributed by atoms with Crippen LogP contribution >= 0.6 is 0 Å². The first kappa shape index (κ1) is 10.3. The monoisotopic (exact) mass is 227 g/mol. The van der Waals surface area contributed by atoms with Gasteiger partial charge in [-0.15, -0.1) is 0 Å². The number of nitrogens with one attached hydrogen (secondary N) is 1. The van der Waals surface area contributed by atoms with Gasteiger partial charge in [-0.1, -0.05) is 0 Å². The predicted octanol–water partition coefficient (Wildman–Crippen LogP) is 0.345. The lowest BCUT2D eigenvalue weighted by atomic mass is 10.2. The number of hydrogen-bond donors (Lipinski definition) is 2. The fraction of sp³-hybridized carbons (Fsp3) is 0.333. The molecule has 2 rings (SSSR count). The third-order valence-corrected chi connectivity index (χ3v) is 3.86. The first-order valence-electron chi connectivity index (χ1n) is 4.69. The number of hydrogen-bond acceptors (Lipinski definition) is 4. The van der Waals surface area contributed by atoms with Crippen LogP contribution in [0.1, 0.15) is 6.92 Å². The molecule has 82 valence electrons. The van der Waals surface area contributed by atoms with E-state index in [1.165, 1.54) is 6.07 Å². The maximum atomic E-state index is 11.7. The summed E-state index contributed by atoms with van der Waals surface area (Å²) in [5, 5.41) is 0. The normalized spacial score (nSPS) is 18.6. The molecule has 0 saturated carbocycles. The third-order valence-electron chi connectivity index (χ3n) is 2.44. The van der Waals surface area contributed by atoms with E-state index in [0.29, 0.717) is 18.0 Å². The van der Waals surface area contributed by atoms with Crippen LogP contribution in [0, 0.1) is 0 Å². The first-order valence-corrected chi connectivity index (χ1v) is 6.17. The number of benzene rings is 1. The van der Waals surface area contributed by atoms with E-state index in [-0.39, 0.29) is 4.90 Å². The summed E-state index contributed by atoms with van der Waals surface area (Å²) in [5.41, 5.74) is 6.75. The molecule has 1 aromatic carbocycles. The molecule has 0 atom stereocenters. The minimum atomic E-state index is -3.38. The zero-order chi connectivity index (χ0) is 11.1. The highest BCUT2D eigenvalue weighted by molar-refractivity contribution is 7.89. The van der Waals surface area contributed by atoms with E-state index in [0.717, 1.165) is 6.54 Å². The largest absolute Gasteiger partial charge is 0.399 e. The highest BCUT2D eigenvalue weighted by Gasteiger charge is 2.26. The van der Waals surface area contributed by atoms with E-state index in [1.807, 2.05) is 11.8 Å². The lowest BCUT2D eigenvalue weighted by Crippen LogP contribution is -2.43. The van der Waals surface area contributed by atoms with Gasteiger partial charge in [-0.25, -0.2) is 8.42 Å². The Morgan fingerprint density at radius 2 is 2.27 bits per heavy atom. The molecule has 0 amide bonds. The van der Waals surface area contributed by atoms with Crippen molar-refractivity contribution in [3.8, 4) is 0 Å². The van der Waals surface area contributed by atoms with Gasteiger partial charge in [0.15, 0.2) is 0 Å². The highest BCUT2D eigenvalue weighted by Crippen LogP contribution is 2.29. The molecule has 0 unspecified atom stereocenters. The van der Waals surface area contributed by atoms with Gasteiger partial charge in [0.1, 0.15) is 4.90 Å². The van der Waals surface area contributed by atoms with Gasteiger partial charge in [-0.05, 0) is 25.1 Å². The molecule has 0 aromatic heterocycles.